The molecule has 1 saturated heterocycles. The average Bonchev–Trinajstić information content (AvgIpc) is 2.92. The molecule has 2 amide bonds. The lowest BCUT2D eigenvalue weighted by Crippen LogP contribution is -2.45. The van der Waals surface area contributed by atoms with Crippen molar-refractivity contribution in [1.82, 2.24) is 4.90 Å². The van der Waals surface area contributed by atoms with E-state index < -0.39 is 26.2 Å². The first kappa shape index (κ1) is 19.7. The van der Waals surface area contributed by atoms with Crippen molar-refractivity contribution in [2.75, 3.05) is 6.61 Å². The van der Waals surface area contributed by atoms with Crippen LogP contribution in [0, 0.1) is 5.92 Å². The van der Waals surface area contributed by atoms with Crippen molar-refractivity contribution in [3.63, 3.8) is 0 Å². The van der Waals surface area contributed by atoms with Crippen LogP contribution in [0.15, 0.2) is 30.3 Å². The minimum Gasteiger partial charge on any atom is -0.447 e. The molecule has 1 fully saturated rings. The van der Waals surface area contributed by atoms with Gasteiger partial charge in [-0.1, -0.05) is 62.9 Å². The van der Waals surface area contributed by atoms with Crippen molar-refractivity contribution < 1.29 is 19.4 Å². The molecule has 6 heteroatoms. The Hall–Kier alpha value is -1.66. The minimum absolute atomic E-state index is 0.206. The Balaban J connectivity index is 2.02. The number of aliphatic hydroxyl groups excluding tert-OH is 1. The van der Waals surface area contributed by atoms with Gasteiger partial charge in [-0.2, -0.15) is 0 Å². The molecule has 3 atom stereocenters. The number of nitrogens with zero attached hydrogens (tertiary/aromatic N) is 1. The predicted molar refractivity (Wildman–Crippen MR) is 100 cm³/mol. The number of carbonyl (C=O) groups is 2. The zero-order valence-electron chi connectivity index (χ0n) is 15.6. The maximum atomic E-state index is 12.8. The van der Waals surface area contributed by atoms with Crippen molar-refractivity contribution >= 4 is 20.1 Å². The van der Waals surface area contributed by atoms with Crippen LogP contribution in [0.3, 0.4) is 0 Å². The molecule has 0 aromatic heterocycles. The lowest BCUT2D eigenvalue weighted by Gasteiger charge is -2.27. The van der Waals surface area contributed by atoms with Crippen LogP contribution in [0.4, 0.5) is 4.79 Å². The van der Waals surface area contributed by atoms with Crippen molar-refractivity contribution in [1.29, 1.82) is 0 Å². The van der Waals surface area contributed by atoms with Gasteiger partial charge in [0.2, 0.25) is 5.91 Å². The lowest BCUT2D eigenvalue weighted by molar-refractivity contribution is -0.136. The van der Waals surface area contributed by atoms with Gasteiger partial charge in [0.1, 0.15) is 6.61 Å². The van der Waals surface area contributed by atoms with Crippen LogP contribution in [0.25, 0.3) is 0 Å². The largest absolute Gasteiger partial charge is 0.447 e. The molecule has 5 nitrogen and oxygen atoms in total. The first-order valence-electron chi connectivity index (χ1n) is 8.91. The number of carbonyl (C=O) groups excluding carboxylic acids is 2. The zero-order chi connectivity index (χ0) is 18.6. The van der Waals surface area contributed by atoms with Crippen LogP contribution < -0.4 is 0 Å². The second-order valence-electron chi connectivity index (χ2n) is 8.08. The molecule has 1 aliphatic heterocycles. The van der Waals surface area contributed by atoms with E-state index in [-0.39, 0.29) is 18.6 Å². The molecule has 1 N–H and O–H groups in total. The average molecular weight is 364 g/mol. The van der Waals surface area contributed by atoms with Gasteiger partial charge >= 0.3 is 6.09 Å². The van der Waals surface area contributed by atoms with E-state index in [1.807, 2.05) is 30.3 Å². The molecule has 0 bridgehead atoms. The van der Waals surface area contributed by atoms with E-state index in [0.717, 1.165) is 11.6 Å². The summed E-state index contributed by atoms with van der Waals surface area (Å²) in [4.78, 5) is 26.1. The summed E-state index contributed by atoms with van der Waals surface area (Å²) < 4.78 is 5.11. The molecule has 2 rings (SSSR count). The van der Waals surface area contributed by atoms with Crippen LogP contribution in [0.5, 0.6) is 0 Å². The number of rotatable bonds is 7. The Morgan fingerprint density at radius 3 is 2.56 bits per heavy atom. The van der Waals surface area contributed by atoms with Crippen LogP contribution in [-0.4, -0.2) is 48.8 Å². The lowest BCUT2D eigenvalue weighted by atomic mass is 9.99. The Morgan fingerprint density at radius 1 is 1.32 bits per heavy atom. The molecule has 1 aromatic carbocycles. The number of imide groups is 1. The summed E-state index contributed by atoms with van der Waals surface area (Å²) in [6, 6.07) is 10.4. The number of hydrogen-bond donors (Lipinski definition) is 1. The first-order chi connectivity index (χ1) is 11.7. The van der Waals surface area contributed by atoms with Gasteiger partial charge in [-0.15, -0.1) is 0 Å². The normalized spacial score (nSPS) is 20.3. The van der Waals surface area contributed by atoms with E-state index in [9.17, 15) is 14.7 Å². The van der Waals surface area contributed by atoms with E-state index >= 15 is 0 Å². The highest BCUT2D eigenvalue weighted by atomic mass is 28.3. The standard InChI is InChI=1S/C19H29NO4Si/c1-14(17(21)10-11-25(2,3)4)18(22)20-16(13-24-19(20)23)12-15-8-6-5-7-9-15/h5-9,14,16-17,21H,10-13H2,1-4H3/t14-,16-,17+/m0/s1. The Morgan fingerprint density at radius 2 is 1.96 bits per heavy atom. The van der Waals surface area contributed by atoms with Crippen LogP contribution in [0.2, 0.25) is 25.7 Å². The quantitative estimate of drug-likeness (QED) is 0.755. The monoisotopic (exact) mass is 363 g/mol. The first-order valence-corrected chi connectivity index (χ1v) is 12.6. The van der Waals surface area contributed by atoms with E-state index in [2.05, 4.69) is 19.6 Å². The summed E-state index contributed by atoms with van der Waals surface area (Å²) in [5, 5.41) is 10.4. The number of aliphatic hydroxyl groups is 1. The number of ether oxygens (including phenoxy) is 1. The summed E-state index contributed by atoms with van der Waals surface area (Å²) in [6.07, 6.45) is -0.176. The van der Waals surface area contributed by atoms with Gasteiger partial charge in [0.25, 0.3) is 0 Å². The van der Waals surface area contributed by atoms with Crippen LogP contribution >= 0.6 is 0 Å². The zero-order valence-corrected chi connectivity index (χ0v) is 16.6. The molecule has 25 heavy (non-hydrogen) atoms. The summed E-state index contributed by atoms with van der Waals surface area (Å²) in [5.74, 6) is -0.952. The molecular formula is C19H29NO4Si. The predicted octanol–water partition coefficient (Wildman–Crippen LogP) is 3.30. The van der Waals surface area contributed by atoms with Gasteiger partial charge in [0.05, 0.1) is 18.1 Å². The SMILES string of the molecule is C[C@H](C(=O)N1C(=O)OC[C@@H]1Cc1ccccc1)[C@H](O)CC[Si](C)(C)C. The summed E-state index contributed by atoms with van der Waals surface area (Å²) in [5.41, 5.74) is 1.05. The van der Waals surface area contributed by atoms with Crippen molar-refractivity contribution in [2.45, 2.75) is 57.6 Å². The minimum atomic E-state index is -1.29. The van der Waals surface area contributed by atoms with Gasteiger partial charge in [-0.25, -0.2) is 9.69 Å². The third kappa shape index (κ3) is 5.41. The van der Waals surface area contributed by atoms with E-state index in [1.165, 1.54) is 4.90 Å². The second-order valence-corrected chi connectivity index (χ2v) is 13.7. The molecule has 1 aliphatic rings. The van der Waals surface area contributed by atoms with Gasteiger partial charge in [0.15, 0.2) is 0 Å². The van der Waals surface area contributed by atoms with Gasteiger partial charge in [-0.05, 0) is 18.4 Å². The van der Waals surface area contributed by atoms with E-state index in [1.54, 1.807) is 6.92 Å². The number of hydrogen-bond acceptors (Lipinski definition) is 4. The maximum Gasteiger partial charge on any atom is 0.416 e. The Bertz CT molecular complexity index is 599. The molecule has 0 unspecified atom stereocenters. The summed E-state index contributed by atoms with van der Waals surface area (Å²) >= 11 is 0. The van der Waals surface area contributed by atoms with Crippen molar-refractivity contribution in [3.8, 4) is 0 Å². The highest BCUT2D eigenvalue weighted by Crippen LogP contribution is 2.23. The van der Waals surface area contributed by atoms with Crippen molar-refractivity contribution in [2.24, 2.45) is 5.92 Å². The van der Waals surface area contributed by atoms with Gasteiger partial charge in [-0.3, -0.25) is 4.79 Å². The molecular weight excluding hydrogens is 334 g/mol. The molecule has 0 aliphatic carbocycles. The molecule has 0 saturated carbocycles. The Kier molecular flexibility index (Phi) is 6.40. The molecule has 0 radical (unpaired) electrons. The summed E-state index contributed by atoms with van der Waals surface area (Å²) in [6.45, 7) is 8.61. The molecule has 1 heterocycles. The third-order valence-electron chi connectivity index (χ3n) is 4.67. The third-order valence-corrected chi connectivity index (χ3v) is 6.46. The van der Waals surface area contributed by atoms with Crippen molar-refractivity contribution in [3.05, 3.63) is 35.9 Å². The van der Waals surface area contributed by atoms with E-state index in [0.29, 0.717) is 12.8 Å². The smallest absolute Gasteiger partial charge is 0.416 e. The molecule has 0 spiro atoms. The second kappa shape index (κ2) is 8.14. The fraction of sp³-hybridized carbons (Fsp3) is 0.579. The topological polar surface area (TPSA) is 66.8 Å². The van der Waals surface area contributed by atoms with Gasteiger partial charge in [0, 0.05) is 8.07 Å². The van der Waals surface area contributed by atoms with Gasteiger partial charge < -0.3 is 9.84 Å². The van der Waals surface area contributed by atoms with E-state index in [4.69, 9.17) is 4.74 Å². The molecule has 138 valence electrons. The Labute approximate surface area is 151 Å². The number of amides is 2. The van der Waals surface area contributed by atoms with Crippen LogP contribution in [-0.2, 0) is 16.0 Å². The van der Waals surface area contributed by atoms with Crippen LogP contribution in [0.1, 0.15) is 18.9 Å². The number of cyclic esters (lactones) is 1. The number of benzene rings is 1. The fourth-order valence-corrected chi connectivity index (χ4v) is 4.14. The highest BCUT2D eigenvalue weighted by Gasteiger charge is 2.41. The maximum absolute atomic E-state index is 12.8. The highest BCUT2D eigenvalue weighted by molar-refractivity contribution is 6.76. The molecule has 1 aromatic rings. The fourth-order valence-electron chi connectivity index (χ4n) is 2.98. The summed E-state index contributed by atoms with van der Waals surface area (Å²) in [7, 11) is -1.29.